The second kappa shape index (κ2) is 1.84. The largest absolute Gasteiger partial charge is 0.448 e. The second-order valence-corrected chi connectivity index (χ2v) is 2.13. The van der Waals surface area contributed by atoms with Crippen molar-refractivity contribution in [3.05, 3.63) is 18.4 Å². The van der Waals surface area contributed by atoms with Crippen LogP contribution in [0.25, 0.3) is 0 Å². The molecular weight excluding hydrogens is 118 g/mol. The van der Waals surface area contributed by atoms with E-state index in [1.807, 2.05) is 0 Å². The molecule has 3 nitrogen and oxygen atoms in total. The van der Waals surface area contributed by atoms with Crippen LogP contribution in [0.5, 0.6) is 0 Å². The van der Waals surface area contributed by atoms with Crippen molar-refractivity contribution in [3.8, 4) is 0 Å². The zero-order valence-electron chi connectivity index (χ0n) is 4.91. The van der Waals surface area contributed by atoms with Gasteiger partial charge in [0.2, 0.25) is 0 Å². The molecule has 1 fully saturated rings. The van der Waals surface area contributed by atoms with Crippen LogP contribution in [-0.2, 0) is 11.2 Å². The molecule has 0 amide bonds. The third-order valence-corrected chi connectivity index (χ3v) is 1.31. The van der Waals surface area contributed by atoms with Gasteiger partial charge in [-0.1, -0.05) is 0 Å². The van der Waals surface area contributed by atoms with Crippen LogP contribution in [0.2, 0.25) is 0 Å². The highest BCUT2D eigenvalue weighted by Gasteiger charge is 2.23. The van der Waals surface area contributed by atoms with E-state index in [9.17, 15) is 0 Å². The van der Waals surface area contributed by atoms with E-state index >= 15 is 0 Å². The lowest BCUT2D eigenvalue weighted by atomic mass is 10.3. The van der Waals surface area contributed by atoms with E-state index in [2.05, 4.69) is 4.98 Å². The SMILES string of the molecule is c1ncc(CC2CO2)o1. The van der Waals surface area contributed by atoms with Crippen LogP contribution in [0.1, 0.15) is 5.76 Å². The van der Waals surface area contributed by atoms with Gasteiger partial charge in [-0.15, -0.1) is 0 Å². The maximum atomic E-state index is 4.99. The maximum absolute atomic E-state index is 4.99. The van der Waals surface area contributed by atoms with Crippen LogP contribution in [0, 0.1) is 0 Å². The first-order valence-corrected chi connectivity index (χ1v) is 2.94. The summed E-state index contributed by atoms with van der Waals surface area (Å²) >= 11 is 0. The Labute approximate surface area is 52.6 Å². The van der Waals surface area contributed by atoms with Gasteiger partial charge in [0.1, 0.15) is 5.76 Å². The molecule has 1 aromatic heterocycles. The van der Waals surface area contributed by atoms with Gasteiger partial charge in [-0.05, 0) is 0 Å². The van der Waals surface area contributed by atoms with E-state index < -0.39 is 0 Å². The number of nitrogens with zero attached hydrogens (tertiary/aromatic N) is 1. The molecule has 1 aliphatic rings. The standard InChI is InChI=1S/C6H7NO2/c1(6-3-8-6)5-2-7-4-9-5/h2,4,6H,1,3H2. The lowest BCUT2D eigenvalue weighted by Gasteiger charge is -1.84. The van der Waals surface area contributed by atoms with Crippen molar-refractivity contribution in [2.24, 2.45) is 0 Å². The van der Waals surface area contributed by atoms with Crippen LogP contribution in [0.4, 0.5) is 0 Å². The van der Waals surface area contributed by atoms with Gasteiger partial charge in [-0.25, -0.2) is 4.98 Å². The number of hydrogen-bond donors (Lipinski definition) is 0. The molecule has 0 spiro atoms. The molecule has 0 aromatic carbocycles. The molecule has 0 bridgehead atoms. The number of epoxide rings is 1. The highest BCUT2D eigenvalue weighted by molar-refractivity contribution is 4.93. The Morgan fingerprint density at radius 1 is 1.78 bits per heavy atom. The molecule has 1 aliphatic heterocycles. The quantitative estimate of drug-likeness (QED) is 0.544. The van der Waals surface area contributed by atoms with E-state index in [-0.39, 0.29) is 0 Å². The first-order chi connectivity index (χ1) is 4.45. The summed E-state index contributed by atoms with van der Waals surface area (Å²) in [5, 5.41) is 0. The molecule has 48 valence electrons. The Balaban J connectivity index is 1.99. The van der Waals surface area contributed by atoms with Crippen molar-refractivity contribution in [3.63, 3.8) is 0 Å². The van der Waals surface area contributed by atoms with Crippen LogP contribution in [0.15, 0.2) is 17.0 Å². The number of aromatic nitrogens is 1. The van der Waals surface area contributed by atoms with Gasteiger partial charge in [0.15, 0.2) is 6.39 Å². The highest BCUT2D eigenvalue weighted by Crippen LogP contribution is 2.14. The minimum absolute atomic E-state index is 0.401. The van der Waals surface area contributed by atoms with Gasteiger partial charge in [0, 0.05) is 6.42 Å². The molecule has 1 saturated heterocycles. The third kappa shape index (κ3) is 1.10. The van der Waals surface area contributed by atoms with Crippen molar-refractivity contribution >= 4 is 0 Å². The summed E-state index contributed by atoms with van der Waals surface area (Å²) < 4.78 is 9.99. The number of oxazole rings is 1. The number of hydrogen-bond acceptors (Lipinski definition) is 3. The highest BCUT2D eigenvalue weighted by atomic mass is 16.6. The Morgan fingerprint density at radius 2 is 2.67 bits per heavy atom. The van der Waals surface area contributed by atoms with Crippen LogP contribution in [0.3, 0.4) is 0 Å². The summed E-state index contributed by atoms with van der Waals surface area (Å²) in [6.45, 7) is 0.876. The molecule has 0 N–H and O–H groups in total. The van der Waals surface area contributed by atoms with Gasteiger partial charge in [-0.2, -0.15) is 0 Å². The molecule has 0 saturated carbocycles. The Bertz CT molecular complexity index is 179. The van der Waals surface area contributed by atoms with Crippen LogP contribution < -0.4 is 0 Å². The topological polar surface area (TPSA) is 38.6 Å². The fraction of sp³-hybridized carbons (Fsp3) is 0.500. The average molecular weight is 125 g/mol. The third-order valence-electron chi connectivity index (χ3n) is 1.31. The summed E-state index contributed by atoms with van der Waals surface area (Å²) in [6, 6.07) is 0. The number of ether oxygens (including phenoxy) is 1. The van der Waals surface area contributed by atoms with Gasteiger partial charge in [-0.3, -0.25) is 0 Å². The second-order valence-electron chi connectivity index (χ2n) is 2.13. The lowest BCUT2D eigenvalue weighted by molar-refractivity contribution is 0.388. The molecule has 9 heavy (non-hydrogen) atoms. The van der Waals surface area contributed by atoms with Gasteiger partial charge in [0.05, 0.1) is 18.9 Å². The van der Waals surface area contributed by atoms with Crippen molar-refractivity contribution in [2.75, 3.05) is 6.61 Å². The molecule has 2 heterocycles. The Hall–Kier alpha value is -0.830. The van der Waals surface area contributed by atoms with Crippen LogP contribution in [-0.4, -0.2) is 17.7 Å². The summed E-state index contributed by atoms with van der Waals surface area (Å²) in [5.74, 6) is 0.914. The molecule has 1 unspecified atom stereocenters. The Kier molecular flexibility index (Phi) is 1.02. The summed E-state index contributed by atoms with van der Waals surface area (Å²) in [5.41, 5.74) is 0. The monoisotopic (exact) mass is 125 g/mol. The summed E-state index contributed by atoms with van der Waals surface area (Å²) in [4.78, 5) is 3.78. The number of rotatable bonds is 2. The fourth-order valence-electron chi connectivity index (χ4n) is 0.753. The van der Waals surface area contributed by atoms with Crippen molar-refractivity contribution < 1.29 is 9.15 Å². The van der Waals surface area contributed by atoms with E-state index in [1.54, 1.807) is 6.20 Å². The minimum atomic E-state index is 0.401. The van der Waals surface area contributed by atoms with E-state index in [4.69, 9.17) is 9.15 Å². The van der Waals surface area contributed by atoms with E-state index in [0.717, 1.165) is 18.8 Å². The van der Waals surface area contributed by atoms with Gasteiger partial charge in [0.25, 0.3) is 0 Å². The smallest absolute Gasteiger partial charge is 0.180 e. The predicted octanol–water partition coefficient (Wildman–Crippen LogP) is 0.616. The zero-order chi connectivity index (χ0) is 6.10. The lowest BCUT2D eigenvalue weighted by Crippen LogP contribution is -1.89. The molecular formula is C6H7NO2. The predicted molar refractivity (Wildman–Crippen MR) is 29.9 cm³/mol. The maximum Gasteiger partial charge on any atom is 0.180 e. The molecule has 1 aromatic rings. The minimum Gasteiger partial charge on any atom is -0.448 e. The molecule has 1 atom stereocenters. The molecule has 2 rings (SSSR count). The van der Waals surface area contributed by atoms with Crippen molar-refractivity contribution in [2.45, 2.75) is 12.5 Å². The molecule has 3 heteroatoms. The Morgan fingerprint density at radius 3 is 3.22 bits per heavy atom. The van der Waals surface area contributed by atoms with Crippen molar-refractivity contribution in [1.82, 2.24) is 4.98 Å². The normalized spacial score (nSPS) is 24.2. The molecule has 0 aliphatic carbocycles. The van der Waals surface area contributed by atoms with Gasteiger partial charge < -0.3 is 9.15 Å². The fourth-order valence-corrected chi connectivity index (χ4v) is 0.753. The summed E-state index contributed by atoms with van der Waals surface area (Å²) in [7, 11) is 0. The average Bonchev–Trinajstić information content (AvgIpc) is 2.46. The van der Waals surface area contributed by atoms with Crippen LogP contribution >= 0.6 is 0 Å². The zero-order valence-corrected chi connectivity index (χ0v) is 4.91. The first-order valence-electron chi connectivity index (χ1n) is 2.94. The summed E-state index contributed by atoms with van der Waals surface area (Å²) in [6.07, 6.45) is 4.44. The van der Waals surface area contributed by atoms with E-state index in [0.29, 0.717) is 6.10 Å². The van der Waals surface area contributed by atoms with Crippen molar-refractivity contribution in [1.29, 1.82) is 0 Å². The molecule has 0 radical (unpaired) electrons. The van der Waals surface area contributed by atoms with E-state index in [1.165, 1.54) is 6.39 Å². The first kappa shape index (κ1) is 4.99. The van der Waals surface area contributed by atoms with Gasteiger partial charge >= 0.3 is 0 Å².